The Bertz CT molecular complexity index is 476. The van der Waals surface area contributed by atoms with Crippen LogP contribution in [0.1, 0.15) is 20.3 Å². The van der Waals surface area contributed by atoms with Crippen molar-refractivity contribution in [2.45, 2.75) is 20.3 Å². The highest BCUT2D eigenvalue weighted by atomic mass is 127. The third kappa shape index (κ3) is 2.93. The van der Waals surface area contributed by atoms with Gasteiger partial charge in [0.25, 0.3) is 0 Å². The van der Waals surface area contributed by atoms with Gasteiger partial charge in [0.1, 0.15) is 5.82 Å². The number of halogens is 2. The predicted molar refractivity (Wildman–Crippen MR) is 79.2 cm³/mol. The summed E-state index contributed by atoms with van der Waals surface area (Å²) in [6.07, 6.45) is 0.826. The van der Waals surface area contributed by atoms with Crippen molar-refractivity contribution in [2.75, 3.05) is 17.2 Å². The molecular weight excluding hydrogens is 346 g/mol. The molecule has 0 saturated carbocycles. The van der Waals surface area contributed by atoms with E-state index in [4.69, 9.17) is 0 Å². The average Bonchev–Trinajstić information content (AvgIpc) is 2.41. The van der Waals surface area contributed by atoms with Gasteiger partial charge in [-0.15, -0.1) is 0 Å². The van der Waals surface area contributed by atoms with Crippen molar-refractivity contribution in [3.8, 4) is 0 Å². The fraction of sp³-hybridized carbons (Fsp3) is 0.462. The van der Waals surface area contributed by atoms with Gasteiger partial charge in [0.15, 0.2) is 0 Å². The van der Waals surface area contributed by atoms with Crippen LogP contribution >= 0.6 is 22.6 Å². The number of fused-ring (bicyclic) bond motifs is 1. The van der Waals surface area contributed by atoms with Gasteiger partial charge in [-0.2, -0.15) is 0 Å². The van der Waals surface area contributed by atoms with Crippen LogP contribution in [0.4, 0.5) is 15.8 Å². The van der Waals surface area contributed by atoms with Gasteiger partial charge < -0.3 is 10.6 Å². The number of carbonyl (C=O) groups excluding carboxylic acids is 1. The van der Waals surface area contributed by atoms with Gasteiger partial charge in [0, 0.05) is 12.6 Å². The number of hydrogen-bond donors (Lipinski definition) is 2. The minimum absolute atomic E-state index is 0.0114. The van der Waals surface area contributed by atoms with E-state index in [1.165, 1.54) is 6.07 Å². The molecule has 1 atom stereocenters. The van der Waals surface area contributed by atoms with Crippen LogP contribution in [0.3, 0.4) is 0 Å². The van der Waals surface area contributed by atoms with Crippen molar-refractivity contribution in [1.82, 2.24) is 0 Å². The van der Waals surface area contributed by atoms with Gasteiger partial charge in [-0.25, -0.2) is 4.39 Å². The highest BCUT2D eigenvalue weighted by molar-refractivity contribution is 14.1. The summed E-state index contributed by atoms with van der Waals surface area (Å²) in [5, 5.41) is 6.03. The quantitative estimate of drug-likeness (QED) is 0.792. The summed E-state index contributed by atoms with van der Waals surface area (Å²) < 4.78 is 14.0. The highest BCUT2D eigenvalue weighted by Gasteiger charge is 2.24. The molecule has 1 aromatic carbocycles. The van der Waals surface area contributed by atoms with E-state index >= 15 is 0 Å². The molecular formula is C13H16FIN2O. The van der Waals surface area contributed by atoms with Gasteiger partial charge >= 0.3 is 0 Å². The zero-order chi connectivity index (χ0) is 13.3. The van der Waals surface area contributed by atoms with Gasteiger partial charge in [-0.1, -0.05) is 13.8 Å². The van der Waals surface area contributed by atoms with Gasteiger partial charge in [-0.3, -0.25) is 4.79 Å². The summed E-state index contributed by atoms with van der Waals surface area (Å²) >= 11 is 1.92. The standard InChI is InChI=1S/C13H16FIN2O/c1-7(2)3-8-6-16-11-4-9(14)10(15)5-12(11)17-13(8)18/h4-5,7-8,16H,3,6H2,1-2H3,(H,17,18). The first-order chi connectivity index (χ1) is 8.47. The van der Waals surface area contributed by atoms with E-state index in [-0.39, 0.29) is 17.6 Å². The molecule has 98 valence electrons. The smallest absolute Gasteiger partial charge is 0.229 e. The van der Waals surface area contributed by atoms with E-state index in [0.717, 1.165) is 6.42 Å². The Labute approximate surface area is 120 Å². The van der Waals surface area contributed by atoms with Crippen LogP contribution in [0, 0.1) is 21.2 Å². The molecule has 1 aliphatic rings. The minimum Gasteiger partial charge on any atom is -0.382 e. The van der Waals surface area contributed by atoms with E-state index in [1.807, 2.05) is 22.6 Å². The summed E-state index contributed by atoms with van der Waals surface area (Å²) in [5.74, 6) is 0.134. The molecule has 5 heteroatoms. The zero-order valence-corrected chi connectivity index (χ0v) is 12.5. The van der Waals surface area contributed by atoms with Crippen molar-refractivity contribution in [1.29, 1.82) is 0 Å². The molecule has 1 aliphatic heterocycles. The lowest BCUT2D eigenvalue weighted by Crippen LogP contribution is -2.27. The van der Waals surface area contributed by atoms with Crippen LogP contribution in [-0.2, 0) is 4.79 Å². The Morgan fingerprint density at radius 3 is 2.83 bits per heavy atom. The highest BCUT2D eigenvalue weighted by Crippen LogP contribution is 2.30. The van der Waals surface area contributed by atoms with E-state index in [0.29, 0.717) is 27.4 Å². The molecule has 1 heterocycles. The van der Waals surface area contributed by atoms with Crippen molar-refractivity contribution >= 4 is 39.9 Å². The van der Waals surface area contributed by atoms with Crippen LogP contribution in [0.2, 0.25) is 0 Å². The number of nitrogens with one attached hydrogen (secondary N) is 2. The zero-order valence-electron chi connectivity index (χ0n) is 10.4. The summed E-state index contributed by atoms with van der Waals surface area (Å²) in [4.78, 5) is 12.1. The summed E-state index contributed by atoms with van der Waals surface area (Å²) in [5.41, 5.74) is 1.32. The Morgan fingerprint density at radius 2 is 2.17 bits per heavy atom. The van der Waals surface area contributed by atoms with Crippen molar-refractivity contribution in [3.63, 3.8) is 0 Å². The molecule has 1 aromatic rings. The largest absolute Gasteiger partial charge is 0.382 e. The predicted octanol–water partition coefficient (Wildman–Crippen LogP) is 3.46. The monoisotopic (exact) mass is 362 g/mol. The molecule has 3 nitrogen and oxygen atoms in total. The number of carbonyl (C=O) groups is 1. The maximum absolute atomic E-state index is 13.5. The Kier molecular flexibility index (Phi) is 4.09. The molecule has 0 saturated heterocycles. The third-order valence-corrected chi connectivity index (χ3v) is 3.81. The SMILES string of the molecule is CC(C)CC1CNc2cc(F)c(I)cc2NC1=O. The molecule has 1 amide bonds. The molecule has 2 rings (SSSR count). The lowest BCUT2D eigenvalue weighted by atomic mass is 9.96. The normalized spacial score (nSPS) is 18.9. The van der Waals surface area contributed by atoms with E-state index in [1.54, 1.807) is 6.07 Å². The Morgan fingerprint density at radius 1 is 1.44 bits per heavy atom. The van der Waals surface area contributed by atoms with Crippen LogP contribution in [0.5, 0.6) is 0 Å². The minimum atomic E-state index is -0.265. The second-order valence-corrected chi connectivity index (χ2v) is 6.17. The molecule has 2 N–H and O–H groups in total. The second kappa shape index (κ2) is 5.42. The maximum atomic E-state index is 13.5. The Hall–Kier alpha value is -0.850. The average molecular weight is 362 g/mol. The molecule has 18 heavy (non-hydrogen) atoms. The van der Waals surface area contributed by atoms with Gasteiger partial charge in [-0.05, 0) is 41.0 Å². The first-order valence-electron chi connectivity index (χ1n) is 6.01. The number of rotatable bonds is 2. The maximum Gasteiger partial charge on any atom is 0.229 e. The van der Waals surface area contributed by atoms with Crippen LogP contribution < -0.4 is 10.6 Å². The molecule has 0 aromatic heterocycles. The molecule has 0 radical (unpaired) electrons. The van der Waals surface area contributed by atoms with Crippen LogP contribution in [0.25, 0.3) is 0 Å². The van der Waals surface area contributed by atoms with E-state index in [2.05, 4.69) is 24.5 Å². The number of amides is 1. The topological polar surface area (TPSA) is 41.1 Å². The first kappa shape index (κ1) is 13.6. The molecule has 0 aliphatic carbocycles. The van der Waals surface area contributed by atoms with Crippen molar-refractivity contribution in [2.24, 2.45) is 11.8 Å². The lowest BCUT2D eigenvalue weighted by molar-refractivity contribution is -0.119. The van der Waals surface area contributed by atoms with Crippen LogP contribution in [-0.4, -0.2) is 12.5 Å². The summed E-state index contributed by atoms with van der Waals surface area (Å²) in [6, 6.07) is 3.10. The van der Waals surface area contributed by atoms with Gasteiger partial charge in [0.2, 0.25) is 5.91 Å². The third-order valence-electron chi connectivity index (χ3n) is 2.98. The number of benzene rings is 1. The first-order valence-corrected chi connectivity index (χ1v) is 7.09. The van der Waals surface area contributed by atoms with Crippen LogP contribution in [0.15, 0.2) is 12.1 Å². The van der Waals surface area contributed by atoms with Crippen molar-refractivity contribution in [3.05, 3.63) is 21.5 Å². The summed E-state index contributed by atoms with van der Waals surface area (Å²) in [6.45, 7) is 4.74. The Balaban J connectivity index is 2.24. The van der Waals surface area contributed by atoms with E-state index < -0.39 is 0 Å². The molecule has 0 fully saturated rings. The molecule has 0 bridgehead atoms. The lowest BCUT2D eigenvalue weighted by Gasteiger charge is -2.15. The fourth-order valence-corrected chi connectivity index (χ4v) is 2.58. The number of anilines is 2. The molecule has 1 unspecified atom stereocenters. The van der Waals surface area contributed by atoms with Gasteiger partial charge in [0.05, 0.1) is 20.9 Å². The molecule has 0 spiro atoms. The van der Waals surface area contributed by atoms with Crippen molar-refractivity contribution < 1.29 is 9.18 Å². The van der Waals surface area contributed by atoms with E-state index in [9.17, 15) is 9.18 Å². The second-order valence-electron chi connectivity index (χ2n) is 5.01. The fourth-order valence-electron chi connectivity index (χ4n) is 2.12. The number of hydrogen-bond acceptors (Lipinski definition) is 2. The summed E-state index contributed by atoms with van der Waals surface area (Å²) in [7, 11) is 0.